The van der Waals surface area contributed by atoms with Gasteiger partial charge in [0.05, 0.1) is 0 Å². The molecule has 0 aliphatic carbocycles. The molecular weight excluding hydrogens is 312 g/mol. The highest BCUT2D eigenvalue weighted by Gasteiger charge is 2.18. The lowest BCUT2D eigenvalue weighted by molar-refractivity contribution is 0.0724. The molecule has 4 heteroatoms. The zero-order chi connectivity index (χ0) is 17.6. The molecule has 0 N–H and O–H groups in total. The van der Waals surface area contributed by atoms with Crippen molar-refractivity contribution in [1.82, 2.24) is 9.80 Å². The molecule has 0 radical (unpaired) electrons. The fourth-order valence-electron chi connectivity index (χ4n) is 3.15. The van der Waals surface area contributed by atoms with Crippen molar-refractivity contribution in [3.8, 4) is 11.5 Å². The highest BCUT2D eigenvalue weighted by Crippen LogP contribution is 2.26. The van der Waals surface area contributed by atoms with Crippen molar-refractivity contribution >= 4 is 5.91 Å². The summed E-state index contributed by atoms with van der Waals surface area (Å²) in [5.41, 5.74) is 1.87. The fraction of sp³-hybridized carbons (Fsp3) is 0.381. The minimum Gasteiger partial charge on any atom is -0.457 e. The van der Waals surface area contributed by atoms with E-state index < -0.39 is 0 Å². The van der Waals surface area contributed by atoms with Gasteiger partial charge in [0.1, 0.15) is 11.5 Å². The van der Waals surface area contributed by atoms with E-state index in [1.165, 1.54) is 6.42 Å². The third kappa shape index (κ3) is 4.60. The molecule has 0 atom stereocenters. The maximum absolute atomic E-state index is 12.5. The van der Waals surface area contributed by atoms with Crippen LogP contribution in [0.5, 0.6) is 11.5 Å². The molecule has 2 aromatic carbocycles. The van der Waals surface area contributed by atoms with E-state index in [2.05, 4.69) is 11.0 Å². The van der Waals surface area contributed by atoms with Crippen LogP contribution in [0.4, 0.5) is 0 Å². The summed E-state index contributed by atoms with van der Waals surface area (Å²) < 4.78 is 6.04. The fourth-order valence-corrected chi connectivity index (χ4v) is 3.15. The van der Waals surface area contributed by atoms with Crippen LogP contribution in [0.15, 0.2) is 48.5 Å². The Balaban J connectivity index is 1.70. The number of ether oxygens (including phenoxy) is 1. The molecule has 132 valence electrons. The second-order valence-electron chi connectivity index (χ2n) is 6.82. The van der Waals surface area contributed by atoms with Crippen molar-refractivity contribution < 1.29 is 9.53 Å². The second-order valence-corrected chi connectivity index (χ2v) is 6.82. The SMILES string of the molecule is CN(C)Cc1ccccc1Oc1ccc(C(=O)N2CCCCC2)cc1. The van der Waals surface area contributed by atoms with Crippen LogP contribution in [0.25, 0.3) is 0 Å². The summed E-state index contributed by atoms with van der Waals surface area (Å²) in [6.07, 6.45) is 3.44. The maximum Gasteiger partial charge on any atom is 0.253 e. The molecule has 25 heavy (non-hydrogen) atoms. The molecule has 2 aromatic rings. The Hall–Kier alpha value is -2.33. The van der Waals surface area contributed by atoms with Crippen molar-refractivity contribution in [3.63, 3.8) is 0 Å². The van der Waals surface area contributed by atoms with Crippen LogP contribution in [0.1, 0.15) is 35.2 Å². The van der Waals surface area contributed by atoms with Gasteiger partial charge in [0.15, 0.2) is 0 Å². The molecule has 0 aromatic heterocycles. The van der Waals surface area contributed by atoms with Crippen molar-refractivity contribution in [1.29, 1.82) is 0 Å². The van der Waals surface area contributed by atoms with Gasteiger partial charge < -0.3 is 14.5 Å². The highest BCUT2D eigenvalue weighted by molar-refractivity contribution is 5.94. The largest absolute Gasteiger partial charge is 0.457 e. The minimum absolute atomic E-state index is 0.124. The summed E-state index contributed by atoms with van der Waals surface area (Å²) in [5.74, 6) is 1.73. The normalized spacial score (nSPS) is 14.6. The van der Waals surface area contributed by atoms with E-state index in [4.69, 9.17) is 4.74 Å². The Morgan fingerprint density at radius 1 is 1.00 bits per heavy atom. The summed E-state index contributed by atoms with van der Waals surface area (Å²) >= 11 is 0. The molecule has 1 aliphatic rings. The lowest BCUT2D eigenvalue weighted by Gasteiger charge is -2.26. The molecule has 0 spiro atoms. The number of hydrogen-bond acceptors (Lipinski definition) is 3. The van der Waals surface area contributed by atoms with Crippen molar-refractivity contribution in [3.05, 3.63) is 59.7 Å². The number of amides is 1. The highest BCUT2D eigenvalue weighted by atomic mass is 16.5. The van der Waals surface area contributed by atoms with Gasteiger partial charge in [-0.1, -0.05) is 18.2 Å². The van der Waals surface area contributed by atoms with Gasteiger partial charge >= 0.3 is 0 Å². The van der Waals surface area contributed by atoms with Gasteiger partial charge in [-0.25, -0.2) is 0 Å². The molecule has 0 unspecified atom stereocenters. The van der Waals surface area contributed by atoms with E-state index in [-0.39, 0.29) is 5.91 Å². The number of para-hydroxylation sites is 1. The van der Waals surface area contributed by atoms with Gasteiger partial charge in [0.25, 0.3) is 5.91 Å². The molecule has 1 saturated heterocycles. The quantitative estimate of drug-likeness (QED) is 0.820. The Kier molecular flexibility index (Phi) is 5.71. The predicted molar refractivity (Wildman–Crippen MR) is 100 cm³/mol. The first kappa shape index (κ1) is 17.5. The first-order chi connectivity index (χ1) is 12.1. The van der Waals surface area contributed by atoms with Crippen LogP contribution in [0.3, 0.4) is 0 Å². The molecule has 4 nitrogen and oxygen atoms in total. The van der Waals surface area contributed by atoms with E-state index in [0.717, 1.165) is 55.1 Å². The summed E-state index contributed by atoms with van der Waals surface area (Å²) in [6.45, 7) is 2.56. The molecule has 0 saturated carbocycles. The second kappa shape index (κ2) is 8.17. The molecule has 1 fully saturated rings. The van der Waals surface area contributed by atoms with E-state index in [1.54, 1.807) is 0 Å². The van der Waals surface area contributed by atoms with Crippen LogP contribution in [0, 0.1) is 0 Å². The standard InChI is InChI=1S/C21H26N2O2/c1-22(2)16-18-8-4-5-9-20(18)25-19-12-10-17(11-13-19)21(24)23-14-6-3-7-15-23/h4-5,8-13H,3,6-7,14-16H2,1-2H3. The van der Waals surface area contributed by atoms with Gasteiger partial charge in [0.2, 0.25) is 0 Å². The Morgan fingerprint density at radius 3 is 2.36 bits per heavy atom. The minimum atomic E-state index is 0.124. The van der Waals surface area contributed by atoms with Crippen LogP contribution >= 0.6 is 0 Å². The zero-order valence-corrected chi connectivity index (χ0v) is 15.1. The molecule has 1 heterocycles. The lowest BCUT2D eigenvalue weighted by atomic mass is 10.1. The number of likely N-dealkylation sites (tertiary alicyclic amines) is 1. The van der Waals surface area contributed by atoms with Gasteiger partial charge in [-0.2, -0.15) is 0 Å². The molecule has 0 bridgehead atoms. The van der Waals surface area contributed by atoms with Crippen molar-refractivity contribution in [2.24, 2.45) is 0 Å². The van der Waals surface area contributed by atoms with Crippen LogP contribution in [0.2, 0.25) is 0 Å². The topological polar surface area (TPSA) is 32.8 Å². The van der Waals surface area contributed by atoms with Crippen molar-refractivity contribution in [2.75, 3.05) is 27.2 Å². The van der Waals surface area contributed by atoms with Gasteiger partial charge in [-0.15, -0.1) is 0 Å². The van der Waals surface area contributed by atoms with E-state index in [9.17, 15) is 4.79 Å². The monoisotopic (exact) mass is 338 g/mol. The Bertz CT molecular complexity index is 704. The number of carbonyl (C=O) groups is 1. The average molecular weight is 338 g/mol. The summed E-state index contributed by atoms with van der Waals surface area (Å²) in [6, 6.07) is 15.5. The molecule has 1 amide bonds. The van der Waals surface area contributed by atoms with Crippen molar-refractivity contribution in [2.45, 2.75) is 25.8 Å². The third-order valence-corrected chi connectivity index (χ3v) is 4.43. The molecular formula is C21H26N2O2. The third-order valence-electron chi connectivity index (χ3n) is 4.43. The lowest BCUT2D eigenvalue weighted by Crippen LogP contribution is -2.35. The number of rotatable bonds is 5. The van der Waals surface area contributed by atoms with Crippen LogP contribution < -0.4 is 4.74 Å². The number of nitrogens with zero attached hydrogens (tertiary/aromatic N) is 2. The number of benzene rings is 2. The number of hydrogen-bond donors (Lipinski definition) is 0. The molecule has 1 aliphatic heterocycles. The van der Waals surface area contributed by atoms with E-state index in [0.29, 0.717) is 0 Å². The maximum atomic E-state index is 12.5. The Morgan fingerprint density at radius 2 is 1.68 bits per heavy atom. The summed E-state index contributed by atoms with van der Waals surface area (Å²) in [5, 5.41) is 0. The van der Waals surface area contributed by atoms with Crippen LogP contribution in [-0.4, -0.2) is 42.9 Å². The van der Waals surface area contributed by atoms with E-state index in [1.807, 2.05) is 61.5 Å². The Labute approximate surface area is 150 Å². The predicted octanol–water partition coefficient (Wildman–Crippen LogP) is 4.17. The summed E-state index contributed by atoms with van der Waals surface area (Å²) in [7, 11) is 4.08. The van der Waals surface area contributed by atoms with E-state index >= 15 is 0 Å². The van der Waals surface area contributed by atoms with Crippen LogP contribution in [-0.2, 0) is 6.54 Å². The zero-order valence-electron chi connectivity index (χ0n) is 15.1. The van der Waals surface area contributed by atoms with Gasteiger partial charge in [-0.05, 0) is 63.7 Å². The smallest absolute Gasteiger partial charge is 0.253 e. The van der Waals surface area contributed by atoms with Gasteiger partial charge in [0, 0.05) is 30.8 Å². The van der Waals surface area contributed by atoms with Gasteiger partial charge in [-0.3, -0.25) is 4.79 Å². The summed E-state index contributed by atoms with van der Waals surface area (Å²) in [4.78, 5) is 16.6. The number of piperidine rings is 1. The first-order valence-corrected chi connectivity index (χ1v) is 8.93. The first-order valence-electron chi connectivity index (χ1n) is 8.93. The molecule has 3 rings (SSSR count). The average Bonchev–Trinajstić information content (AvgIpc) is 2.64. The number of carbonyl (C=O) groups excluding carboxylic acids is 1.